The van der Waals surface area contributed by atoms with Crippen LogP contribution in [0.5, 0.6) is 5.88 Å². The smallest absolute Gasteiger partial charge is 0.245 e. The second kappa shape index (κ2) is 5.00. The van der Waals surface area contributed by atoms with Crippen molar-refractivity contribution >= 4 is 39.7 Å². The summed E-state index contributed by atoms with van der Waals surface area (Å²) in [7, 11) is 0. The van der Waals surface area contributed by atoms with Gasteiger partial charge in [0.05, 0.1) is 6.33 Å². The summed E-state index contributed by atoms with van der Waals surface area (Å²) in [6.45, 7) is 0.418. The lowest BCUT2D eigenvalue weighted by molar-refractivity contribution is 0.297. The molecule has 0 radical (unpaired) electrons. The van der Waals surface area contributed by atoms with Gasteiger partial charge in [0, 0.05) is 3.57 Å². The van der Waals surface area contributed by atoms with Crippen LogP contribution in [0.15, 0.2) is 30.6 Å². The predicted molar refractivity (Wildman–Crippen MR) is 79.6 cm³/mol. The molecule has 3 rings (SSSR count). The van der Waals surface area contributed by atoms with Gasteiger partial charge in [0.15, 0.2) is 5.65 Å². The summed E-state index contributed by atoms with van der Waals surface area (Å²) in [5.74, 6) is 0.566. The summed E-state index contributed by atoms with van der Waals surface area (Å²) in [5, 5.41) is 0. The van der Waals surface area contributed by atoms with Crippen molar-refractivity contribution in [3.63, 3.8) is 0 Å². The highest BCUT2D eigenvalue weighted by Crippen LogP contribution is 2.21. The van der Waals surface area contributed by atoms with Crippen LogP contribution >= 0.6 is 22.6 Å². The third kappa shape index (κ3) is 2.60. The fourth-order valence-corrected chi connectivity index (χ4v) is 2.31. The van der Waals surface area contributed by atoms with E-state index in [2.05, 4.69) is 48.6 Å². The SMILES string of the molecule is Nc1nc(OCc2cccc([124I])c2)c2[nH]cnc2n1. The molecule has 0 amide bonds. The van der Waals surface area contributed by atoms with Crippen LogP contribution in [0.25, 0.3) is 11.2 Å². The quantitative estimate of drug-likeness (QED) is 0.695. The summed E-state index contributed by atoms with van der Waals surface area (Å²) < 4.78 is 6.85. The van der Waals surface area contributed by atoms with Crippen LogP contribution in [-0.4, -0.2) is 19.9 Å². The number of hydrogen-bond donors (Lipinski definition) is 2. The molecule has 0 aliphatic heterocycles. The van der Waals surface area contributed by atoms with E-state index < -0.39 is 0 Å². The topological polar surface area (TPSA) is 89.7 Å². The molecule has 0 saturated heterocycles. The molecular formula is C12H10IN5O. The standard InChI is InChI=1S/C12H10IN5O/c13-8-3-1-2-7(4-8)5-19-11-9-10(16-6-15-9)17-12(14)18-11/h1-4,6H,5H2,(H3,14,15,16,17,18)/i13-3. The Hall–Kier alpha value is -1.90. The molecule has 96 valence electrons. The number of nitrogens with one attached hydrogen (secondary N) is 1. The molecule has 0 spiro atoms. The molecule has 2 heterocycles. The van der Waals surface area contributed by atoms with Crippen molar-refractivity contribution in [3.05, 3.63) is 39.7 Å². The van der Waals surface area contributed by atoms with Gasteiger partial charge in [-0.25, -0.2) is 4.98 Å². The third-order valence-electron chi connectivity index (χ3n) is 2.53. The monoisotopic (exact) mass is 364 g/mol. The van der Waals surface area contributed by atoms with Crippen molar-refractivity contribution in [2.75, 3.05) is 5.73 Å². The van der Waals surface area contributed by atoms with Crippen LogP contribution in [0.4, 0.5) is 5.95 Å². The van der Waals surface area contributed by atoms with Gasteiger partial charge in [-0.15, -0.1) is 0 Å². The first kappa shape index (κ1) is 12.2. The molecule has 2 aromatic heterocycles. The van der Waals surface area contributed by atoms with Gasteiger partial charge in [0.25, 0.3) is 0 Å². The zero-order valence-electron chi connectivity index (χ0n) is 9.80. The van der Waals surface area contributed by atoms with Crippen molar-refractivity contribution in [2.45, 2.75) is 6.61 Å². The number of benzene rings is 1. The molecule has 1 aromatic carbocycles. The fraction of sp³-hybridized carbons (Fsp3) is 0.0833. The number of ether oxygens (including phenoxy) is 1. The van der Waals surface area contributed by atoms with E-state index in [0.29, 0.717) is 23.7 Å². The van der Waals surface area contributed by atoms with E-state index >= 15 is 0 Å². The fourth-order valence-electron chi connectivity index (χ4n) is 1.71. The van der Waals surface area contributed by atoms with Crippen molar-refractivity contribution in [1.29, 1.82) is 0 Å². The van der Waals surface area contributed by atoms with Gasteiger partial charge in [0.2, 0.25) is 11.8 Å². The molecule has 6 nitrogen and oxygen atoms in total. The number of rotatable bonds is 3. The Morgan fingerprint density at radius 2 is 2.21 bits per heavy atom. The van der Waals surface area contributed by atoms with E-state index in [9.17, 15) is 0 Å². The number of nitrogens with two attached hydrogens (primary N) is 1. The number of aromatic nitrogens is 4. The number of halogens is 1. The van der Waals surface area contributed by atoms with Crippen LogP contribution in [0.1, 0.15) is 5.56 Å². The first-order chi connectivity index (χ1) is 9.22. The maximum atomic E-state index is 5.69. The molecule has 3 aromatic rings. The summed E-state index contributed by atoms with van der Waals surface area (Å²) >= 11 is 2.26. The Kier molecular flexibility index (Phi) is 3.20. The minimum atomic E-state index is 0.150. The molecule has 0 atom stereocenters. The largest absolute Gasteiger partial charge is 0.471 e. The Balaban J connectivity index is 1.87. The average molecular weight is 364 g/mol. The lowest BCUT2D eigenvalue weighted by Gasteiger charge is -2.06. The molecular weight excluding hydrogens is 354 g/mol. The molecule has 0 fully saturated rings. The van der Waals surface area contributed by atoms with Gasteiger partial charge in [-0.1, -0.05) is 12.1 Å². The highest BCUT2D eigenvalue weighted by atomic mass is 124. The van der Waals surface area contributed by atoms with Crippen molar-refractivity contribution in [1.82, 2.24) is 19.9 Å². The van der Waals surface area contributed by atoms with Crippen molar-refractivity contribution in [2.24, 2.45) is 0 Å². The molecule has 0 aliphatic rings. The highest BCUT2D eigenvalue weighted by molar-refractivity contribution is 14.1. The number of anilines is 1. The molecule has 0 aliphatic carbocycles. The van der Waals surface area contributed by atoms with E-state index in [0.717, 1.165) is 9.13 Å². The Morgan fingerprint density at radius 1 is 1.32 bits per heavy atom. The third-order valence-corrected chi connectivity index (χ3v) is 3.21. The van der Waals surface area contributed by atoms with Crippen LogP contribution < -0.4 is 10.5 Å². The van der Waals surface area contributed by atoms with Gasteiger partial charge >= 0.3 is 0 Å². The van der Waals surface area contributed by atoms with E-state index in [1.54, 1.807) is 0 Å². The summed E-state index contributed by atoms with van der Waals surface area (Å²) in [6, 6.07) is 8.06. The summed E-state index contributed by atoms with van der Waals surface area (Å²) in [4.78, 5) is 15.1. The van der Waals surface area contributed by atoms with Gasteiger partial charge in [-0.2, -0.15) is 9.97 Å². The lowest BCUT2D eigenvalue weighted by Crippen LogP contribution is -2.02. The first-order valence-electron chi connectivity index (χ1n) is 5.56. The Morgan fingerprint density at radius 3 is 3.05 bits per heavy atom. The zero-order valence-corrected chi connectivity index (χ0v) is 12.0. The lowest BCUT2D eigenvalue weighted by atomic mass is 10.2. The Bertz CT molecular complexity index is 727. The van der Waals surface area contributed by atoms with E-state index in [4.69, 9.17) is 10.5 Å². The van der Waals surface area contributed by atoms with E-state index in [1.807, 2.05) is 18.2 Å². The normalized spacial score (nSPS) is 10.8. The number of nitrogen functional groups attached to an aromatic ring is 1. The number of H-pyrrole nitrogens is 1. The van der Waals surface area contributed by atoms with E-state index in [-0.39, 0.29) is 5.95 Å². The molecule has 0 unspecified atom stereocenters. The van der Waals surface area contributed by atoms with Gasteiger partial charge < -0.3 is 15.5 Å². The molecule has 0 bridgehead atoms. The van der Waals surface area contributed by atoms with Crippen LogP contribution in [0.3, 0.4) is 0 Å². The minimum Gasteiger partial charge on any atom is -0.471 e. The number of nitrogens with zero attached hydrogens (tertiary/aromatic N) is 3. The maximum absolute atomic E-state index is 5.69. The number of imidazole rings is 1. The van der Waals surface area contributed by atoms with Crippen LogP contribution in [-0.2, 0) is 6.61 Å². The Labute approximate surface area is 122 Å². The predicted octanol–water partition coefficient (Wildman–Crippen LogP) is 2.12. The number of aromatic amines is 1. The van der Waals surface area contributed by atoms with Crippen molar-refractivity contribution in [3.8, 4) is 5.88 Å². The summed E-state index contributed by atoms with van der Waals surface area (Å²) in [5.41, 5.74) is 7.84. The second-order valence-electron chi connectivity index (χ2n) is 3.91. The van der Waals surface area contributed by atoms with Crippen LogP contribution in [0, 0.1) is 3.57 Å². The highest BCUT2D eigenvalue weighted by Gasteiger charge is 2.09. The minimum absolute atomic E-state index is 0.150. The molecule has 3 N–H and O–H groups in total. The molecule has 7 heteroatoms. The van der Waals surface area contributed by atoms with Gasteiger partial charge in [0.1, 0.15) is 12.1 Å². The number of fused-ring (bicyclic) bond motifs is 1. The van der Waals surface area contributed by atoms with Crippen LogP contribution in [0.2, 0.25) is 0 Å². The average Bonchev–Trinajstić information content (AvgIpc) is 2.84. The van der Waals surface area contributed by atoms with E-state index in [1.165, 1.54) is 6.33 Å². The van der Waals surface area contributed by atoms with Gasteiger partial charge in [-0.05, 0) is 40.3 Å². The molecule has 19 heavy (non-hydrogen) atoms. The summed E-state index contributed by atoms with van der Waals surface area (Å²) in [6.07, 6.45) is 1.54. The van der Waals surface area contributed by atoms with Crippen molar-refractivity contribution < 1.29 is 4.74 Å². The van der Waals surface area contributed by atoms with Gasteiger partial charge in [-0.3, -0.25) is 0 Å². The molecule has 0 saturated carbocycles. The second-order valence-corrected chi connectivity index (χ2v) is 5.15. The zero-order chi connectivity index (χ0) is 13.2. The maximum Gasteiger partial charge on any atom is 0.245 e. The number of hydrogen-bond acceptors (Lipinski definition) is 5. The first-order valence-corrected chi connectivity index (χ1v) is 6.64.